The summed E-state index contributed by atoms with van der Waals surface area (Å²) in [6.45, 7) is 4.68. The molecule has 2 aromatic rings. The molecule has 0 aliphatic carbocycles. The Morgan fingerprint density at radius 2 is 2.13 bits per heavy atom. The number of likely N-dealkylation sites (tertiary alicyclic amines) is 1. The van der Waals surface area contributed by atoms with E-state index in [9.17, 15) is 9.18 Å². The number of nitrogens with one attached hydrogen (secondary N) is 2. The SMILES string of the molecule is CCC(=O)N1CCCC(c2nc(Nc3cccc(F)c3)cc(NC3CCOC3)n2)C1. The van der Waals surface area contributed by atoms with Crippen LogP contribution in [0.5, 0.6) is 0 Å². The number of carbonyl (C=O) groups is 1. The van der Waals surface area contributed by atoms with E-state index in [1.807, 2.05) is 17.9 Å². The first-order chi connectivity index (χ1) is 14.6. The van der Waals surface area contributed by atoms with Gasteiger partial charge in [-0.2, -0.15) is 0 Å². The Hall–Kier alpha value is -2.74. The number of piperidine rings is 1. The van der Waals surface area contributed by atoms with Crippen molar-refractivity contribution in [3.63, 3.8) is 0 Å². The molecule has 7 nitrogen and oxygen atoms in total. The maximum absolute atomic E-state index is 13.6. The van der Waals surface area contributed by atoms with Crippen LogP contribution < -0.4 is 10.6 Å². The van der Waals surface area contributed by atoms with Crippen LogP contribution in [0.25, 0.3) is 0 Å². The highest BCUT2D eigenvalue weighted by Gasteiger charge is 2.27. The van der Waals surface area contributed by atoms with Crippen LogP contribution in [0.2, 0.25) is 0 Å². The first-order valence-electron chi connectivity index (χ1n) is 10.6. The van der Waals surface area contributed by atoms with Crippen molar-refractivity contribution in [2.75, 3.05) is 36.9 Å². The molecule has 2 atom stereocenters. The summed E-state index contributed by atoms with van der Waals surface area (Å²) >= 11 is 0. The normalized spacial score (nSPS) is 21.5. The Kier molecular flexibility index (Phi) is 6.42. The molecule has 1 amide bonds. The molecule has 0 radical (unpaired) electrons. The second-order valence-corrected chi connectivity index (χ2v) is 7.87. The topological polar surface area (TPSA) is 79.4 Å². The number of carbonyl (C=O) groups excluding carboxylic acids is 1. The van der Waals surface area contributed by atoms with Gasteiger partial charge in [0, 0.05) is 43.8 Å². The number of benzene rings is 1. The molecule has 30 heavy (non-hydrogen) atoms. The standard InChI is InChI=1S/C22H28FN5O2/c1-2-21(29)28-9-4-5-15(13-28)22-26-19(24-17-7-3-6-16(23)11-17)12-20(27-22)25-18-8-10-30-14-18/h3,6-7,11-12,15,18H,2,4-5,8-10,13-14H2,1H3,(H2,24,25,26,27). The third-order valence-corrected chi connectivity index (χ3v) is 5.56. The van der Waals surface area contributed by atoms with Crippen molar-refractivity contribution in [3.05, 3.63) is 42.0 Å². The highest BCUT2D eigenvalue weighted by molar-refractivity contribution is 5.76. The smallest absolute Gasteiger partial charge is 0.222 e. The van der Waals surface area contributed by atoms with Gasteiger partial charge in [-0.3, -0.25) is 4.79 Å². The van der Waals surface area contributed by atoms with E-state index in [1.54, 1.807) is 12.1 Å². The molecule has 8 heteroatoms. The van der Waals surface area contributed by atoms with E-state index in [0.29, 0.717) is 42.7 Å². The minimum Gasteiger partial charge on any atom is -0.379 e. The van der Waals surface area contributed by atoms with Crippen molar-refractivity contribution < 1.29 is 13.9 Å². The zero-order chi connectivity index (χ0) is 20.9. The van der Waals surface area contributed by atoms with Gasteiger partial charge in [0.2, 0.25) is 5.91 Å². The van der Waals surface area contributed by atoms with E-state index in [2.05, 4.69) is 10.6 Å². The average molecular weight is 413 g/mol. The van der Waals surface area contributed by atoms with Crippen molar-refractivity contribution in [2.24, 2.45) is 0 Å². The van der Waals surface area contributed by atoms with Crippen LogP contribution in [0.1, 0.15) is 44.3 Å². The third-order valence-electron chi connectivity index (χ3n) is 5.56. The Morgan fingerprint density at radius 1 is 1.27 bits per heavy atom. The van der Waals surface area contributed by atoms with Gasteiger partial charge in [0.15, 0.2) is 0 Å². The van der Waals surface area contributed by atoms with E-state index < -0.39 is 0 Å². The molecule has 2 unspecified atom stereocenters. The van der Waals surface area contributed by atoms with Gasteiger partial charge < -0.3 is 20.3 Å². The number of rotatable bonds is 6. The van der Waals surface area contributed by atoms with Crippen LogP contribution in [-0.2, 0) is 9.53 Å². The summed E-state index contributed by atoms with van der Waals surface area (Å²) in [5.41, 5.74) is 0.626. The summed E-state index contributed by atoms with van der Waals surface area (Å²) in [6.07, 6.45) is 3.29. The number of aromatic nitrogens is 2. The number of halogens is 1. The van der Waals surface area contributed by atoms with Crippen molar-refractivity contribution in [1.29, 1.82) is 0 Å². The lowest BCUT2D eigenvalue weighted by Gasteiger charge is -2.32. The largest absolute Gasteiger partial charge is 0.379 e. The van der Waals surface area contributed by atoms with Gasteiger partial charge in [-0.25, -0.2) is 14.4 Å². The highest BCUT2D eigenvalue weighted by atomic mass is 19.1. The maximum Gasteiger partial charge on any atom is 0.222 e. The van der Waals surface area contributed by atoms with Crippen LogP contribution in [-0.4, -0.2) is 53.1 Å². The Bertz CT molecular complexity index is 888. The first-order valence-corrected chi connectivity index (χ1v) is 10.6. The lowest BCUT2D eigenvalue weighted by Crippen LogP contribution is -2.39. The van der Waals surface area contributed by atoms with Crippen LogP contribution in [0.4, 0.5) is 21.7 Å². The Labute approximate surface area is 176 Å². The van der Waals surface area contributed by atoms with Gasteiger partial charge in [0.25, 0.3) is 0 Å². The molecule has 160 valence electrons. The second kappa shape index (κ2) is 9.38. The quantitative estimate of drug-likeness (QED) is 0.752. The second-order valence-electron chi connectivity index (χ2n) is 7.87. The first kappa shape index (κ1) is 20.5. The van der Waals surface area contributed by atoms with Crippen LogP contribution >= 0.6 is 0 Å². The molecule has 1 aromatic heterocycles. The zero-order valence-electron chi connectivity index (χ0n) is 17.2. The van der Waals surface area contributed by atoms with E-state index in [4.69, 9.17) is 14.7 Å². The van der Waals surface area contributed by atoms with E-state index >= 15 is 0 Å². The molecular formula is C22H28FN5O2. The summed E-state index contributed by atoms with van der Waals surface area (Å²) in [5.74, 6) is 1.95. The number of nitrogens with zero attached hydrogens (tertiary/aromatic N) is 3. The van der Waals surface area contributed by atoms with E-state index in [1.165, 1.54) is 12.1 Å². The molecule has 2 aliphatic rings. The van der Waals surface area contributed by atoms with Gasteiger partial charge in [-0.15, -0.1) is 0 Å². The molecule has 0 spiro atoms. The van der Waals surface area contributed by atoms with Crippen molar-refractivity contribution in [1.82, 2.24) is 14.9 Å². The molecule has 2 fully saturated rings. The number of amides is 1. The molecule has 2 saturated heterocycles. The van der Waals surface area contributed by atoms with Gasteiger partial charge >= 0.3 is 0 Å². The molecule has 4 rings (SSSR count). The molecule has 1 aromatic carbocycles. The van der Waals surface area contributed by atoms with Crippen LogP contribution in [0.15, 0.2) is 30.3 Å². The van der Waals surface area contributed by atoms with Gasteiger partial charge in [-0.1, -0.05) is 13.0 Å². The maximum atomic E-state index is 13.6. The fourth-order valence-corrected chi connectivity index (χ4v) is 4.00. The average Bonchev–Trinajstić information content (AvgIpc) is 3.26. The summed E-state index contributed by atoms with van der Waals surface area (Å²) in [6, 6.07) is 8.34. The summed E-state index contributed by atoms with van der Waals surface area (Å²) in [4.78, 5) is 23.6. The molecule has 3 heterocycles. The Balaban J connectivity index is 1.60. The minimum atomic E-state index is -0.309. The van der Waals surface area contributed by atoms with Crippen molar-refractivity contribution in [2.45, 2.75) is 44.6 Å². The van der Waals surface area contributed by atoms with Gasteiger partial charge in [0.05, 0.1) is 12.6 Å². The number of ether oxygens (including phenoxy) is 1. The van der Waals surface area contributed by atoms with Gasteiger partial charge in [-0.05, 0) is 37.5 Å². The van der Waals surface area contributed by atoms with Gasteiger partial charge in [0.1, 0.15) is 23.3 Å². The number of anilines is 3. The fourth-order valence-electron chi connectivity index (χ4n) is 4.00. The summed E-state index contributed by atoms with van der Waals surface area (Å²) < 4.78 is 19.1. The molecule has 0 saturated carbocycles. The van der Waals surface area contributed by atoms with Crippen LogP contribution in [0, 0.1) is 5.82 Å². The predicted molar refractivity (Wildman–Crippen MR) is 113 cm³/mol. The van der Waals surface area contributed by atoms with Crippen molar-refractivity contribution in [3.8, 4) is 0 Å². The summed E-state index contributed by atoms with van der Waals surface area (Å²) in [5, 5.41) is 6.62. The minimum absolute atomic E-state index is 0.0730. The molecular weight excluding hydrogens is 385 g/mol. The highest BCUT2D eigenvalue weighted by Crippen LogP contribution is 2.28. The van der Waals surface area contributed by atoms with Crippen molar-refractivity contribution >= 4 is 23.2 Å². The monoisotopic (exact) mass is 413 g/mol. The molecule has 2 N–H and O–H groups in total. The zero-order valence-corrected chi connectivity index (χ0v) is 17.2. The third kappa shape index (κ3) is 5.05. The van der Waals surface area contributed by atoms with E-state index in [0.717, 1.165) is 32.4 Å². The number of hydrogen-bond acceptors (Lipinski definition) is 6. The predicted octanol–water partition coefficient (Wildman–Crippen LogP) is 3.68. The fraction of sp³-hybridized carbons (Fsp3) is 0.500. The lowest BCUT2D eigenvalue weighted by atomic mass is 9.97. The molecule has 0 bridgehead atoms. The molecule has 2 aliphatic heterocycles. The number of hydrogen-bond donors (Lipinski definition) is 2. The van der Waals surface area contributed by atoms with Crippen LogP contribution in [0.3, 0.4) is 0 Å². The lowest BCUT2D eigenvalue weighted by molar-refractivity contribution is -0.132. The summed E-state index contributed by atoms with van der Waals surface area (Å²) in [7, 11) is 0. The van der Waals surface area contributed by atoms with E-state index in [-0.39, 0.29) is 23.7 Å². The Morgan fingerprint density at radius 3 is 2.90 bits per heavy atom.